The molecule has 0 fully saturated rings. The van der Waals surface area contributed by atoms with Gasteiger partial charge in [-0.1, -0.05) is 47.7 Å². The molecule has 0 amide bonds. The van der Waals surface area contributed by atoms with E-state index in [9.17, 15) is 0 Å². The first-order valence-corrected chi connectivity index (χ1v) is 8.17. The highest BCUT2D eigenvalue weighted by atomic mass is 35.5. The lowest BCUT2D eigenvalue weighted by Gasteiger charge is -2.06. The average Bonchev–Trinajstić information content (AvgIpc) is 2.79. The van der Waals surface area contributed by atoms with Gasteiger partial charge in [0.05, 0.1) is 5.02 Å². The third-order valence-electron chi connectivity index (χ3n) is 2.46. The zero-order valence-electron chi connectivity index (χ0n) is 10.9. The second-order valence-electron chi connectivity index (χ2n) is 4.13. The molecule has 0 aliphatic carbocycles. The first-order valence-electron chi connectivity index (χ1n) is 6.16. The number of hydrogen-bond acceptors (Lipinski definition) is 5. The molecule has 102 valence electrons. The Morgan fingerprint density at radius 1 is 1.37 bits per heavy atom. The molecule has 0 aliphatic rings. The van der Waals surface area contributed by atoms with Gasteiger partial charge in [0.2, 0.25) is 0 Å². The quantitative estimate of drug-likeness (QED) is 0.813. The first-order chi connectivity index (χ1) is 9.19. The number of halogens is 1. The van der Waals surface area contributed by atoms with Crippen LogP contribution in [0.3, 0.4) is 0 Å². The third kappa shape index (κ3) is 4.45. The second-order valence-corrected chi connectivity index (χ2v) is 7.01. The van der Waals surface area contributed by atoms with Gasteiger partial charge in [-0.05, 0) is 37.6 Å². The first kappa shape index (κ1) is 14.8. The number of nitrogens with one attached hydrogen (secondary N) is 1. The molecule has 0 atom stereocenters. The van der Waals surface area contributed by atoms with Gasteiger partial charge in [0, 0.05) is 11.4 Å². The summed E-state index contributed by atoms with van der Waals surface area (Å²) in [7, 11) is 0. The third-order valence-corrected chi connectivity index (χ3v) is 4.85. The van der Waals surface area contributed by atoms with Crippen molar-refractivity contribution in [2.45, 2.75) is 36.0 Å². The minimum atomic E-state index is 0.772. The van der Waals surface area contributed by atoms with Crippen molar-refractivity contribution >= 4 is 34.7 Å². The summed E-state index contributed by atoms with van der Waals surface area (Å²) in [5.41, 5.74) is 1.20. The number of aromatic nitrogens is 2. The van der Waals surface area contributed by atoms with Crippen molar-refractivity contribution in [2.24, 2.45) is 0 Å². The van der Waals surface area contributed by atoms with E-state index in [1.165, 1.54) is 5.56 Å². The molecule has 0 spiro atoms. The highest BCUT2D eigenvalue weighted by molar-refractivity contribution is 8.01. The minimum absolute atomic E-state index is 0.772. The van der Waals surface area contributed by atoms with Crippen LogP contribution in [0.5, 0.6) is 0 Å². The summed E-state index contributed by atoms with van der Waals surface area (Å²) in [5.74, 6) is 0. The summed E-state index contributed by atoms with van der Waals surface area (Å²) in [6, 6.07) is 6.16. The van der Waals surface area contributed by atoms with Gasteiger partial charge in [-0.3, -0.25) is 0 Å². The Hall–Kier alpha value is -0.620. The molecule has 2 aromatic rings. The van der Waals surface area contributed by atoms with Gasteiger partial charge in [0.15, 0.2) is 4.34 Å². The van der Waals surface area contributed by atoms with E-state index in [1.54, 1.807) is 23.1 Å². The number of nitrogens with zero attached hydrogens (tertiary/aromatic N) is 2. The van der Waals surface area contributed by atoms with E-state index in [0.717, 1.165) is 38.8 Å². The molecule has 1 N–H and O–H groups in total. The molecule has 0 aliphatic heterocycles. The van der Waals surface area contributed by atoms with E-state index in [4.69, 9.17) is 11.6 Å². The Labute approximate surface area is 126 Å². The normalized spacial score (nSPS) is 10.9. The van der Waals surface area contributed by atoms with Gasteiger partial charge in [0.1, 0.15) is 5.01 Å². The van der Waals surface area contributed by atoms with Crippen LogP contribution in [-0.4, -0.2) is 16.7 Å². The van der Waals surface area contributed by atoms with E-state index < -0.39 is 0 Å². The second kappa shape index (κ2) is 7.24. The fraction of sp³-hybridized carbons (Fsp3) is 0.385. The highest BCUT2D eigenvalue weighted by Gasteiger charge is 2.07. The lowest BCUT2D eigenvalue weighted by molar-refractivity contribution is 0.675. The van der Waals surface area contributed by atoms with Crippen LogP contribution in [0.25, 0.3) is 0 Å². The summed E-state index contributed by atoms with van der Waals surface area (Å²) >= 11 is 9.45. The standard InChI is InChI=1S/C13H16ClN3S2/c1-3-6-15-8-10-4-5-12(11(14)7-10)19-13-17-16-9(2)18-13/h4-5,7,15H,3,6,8H2,1-2H3. The Morgan fingerprint density at radius 2 is 2.21 bits per heavy atom. The molecule has 1 aromatic carbocycles. The maximum atomic E-state index is 6.31. The lowest BCUT2D eigenvalue weighted by atomic mass is 10.2. The predicted octanol–water partition coefficient (Wildman–Crippen LogP) is 4.15. The number of benzene rings is 1. The van der Waals surface area contributed by atoms with Gasteiger partial charge >= 0.3 is 0 Å². The lowest BCUT2D eigenvalue weighted by Crippen LogP contribution is -2.13. The largest absolute Gasteiger partial charge is 0.313 e. The molecule has 1 aromatic heterocycles. The average molecular weight is 314 g/mol. The van der Waals surface area contributed by atoms with E-state index in [-0.39, 0.29) is 0 Å². The Balaban J connectivity index is 2.02. The van der Waals surface area contributed by atoms with Crippen LogP contribution >= 0.6 is 34.7 Å². The number of aryl methyl sites for hydroxylation is 1. The van der Waals surface area contributed by atoms with Crippen molar-refractivity contribution in [2.75, 3.05) is 6.54 Å². The van der Waals surface area contributed by atoms with Crippen molar-refractivity contribution in [1.29, 1.82) is 0 Å². The Kier molecular flexibility index (Phi) is 5.63. The van der Waals surface area contributed by atoms with Crippen LogP contribution in [0.15, 0.2) is 27.4 Å². The molecule has 6 heteroatoms. The van der Waals surface area contributed by atoms with E-state index >= 15 is 0 Å². The smallest absolute Gasteiger partial charge is 0.179 e. The van der Waals surface area contributed by atoms with E-state index in [2.05, 4.69) is 28.5 Å². The molecule has 0 bridgehead atoms. The highest BCUT2D eigenvalue weighted by Crippen LogP contribution is 2.35. The van der Waals surface area contributed by atoms with Crippen LogP contribution in [0.2, 0.25) is 5.02 Å². The molecule has 0 radical (unpaired) electrons. The van der Waals surface area contributed by atoms with Crippen molar-refractivity contribution < 1.29 is 0 Å². The van der Waals surface area contributed by atoms with Gasteiger partial charge in [-0.15, -0.1) is 10.2 Å². The monoisotopic (exact) mass is 313 g/mol. The minimum Gasteiger partial charge on any atom is -0.313 e. The fourth-order valence-corrected chi connectivity index (χ4v) is 3.66. The van der Waals surface area contributed by atoms with Gasteiger partial charge in [0.25, 0.3) is 0 Å². The van der Waals surface area contributed by atoms with Crippen LogP contribution in [-0.2, 0) is 6.54 Å². The number of hydrogen-bond donors (Lipinski definition) is 1. The molecular weight excluding hydrogens is 298 g/mol. The molecule has 0 saturated heterocycles. The summed E-state index contributed by atoms with van der Waals surface area (Å²) in [5, 5.41) is 13.2. The molecule has 0 unspecified atom stereocenters. The van der Waals surface area contributed by atoms with Gasteiger partial charge in [-0.25, -0.2) is 0 Å². The maximum Gasteiger partial charge on any atom is 0.179 e. The van der Waals surface area contributed by atoms with Crippen molar-refractivity contribution in [3.63, 3.8) is 0 Å². The van der Waals surface area contributed by atoms with Crippen LogP contribution in [0.4, 0.5) is 0 Å². The summed E-state index contributed by atoms with van der Waals surface area (Å²) < 4.78 is 0.927. The zero-order chi connectivity index (χ0) is 13.7. The Morgan fingerprint density at radius 3 is 2.84 bits per heavy atom. The van der Waals surface area contributed by atoms with Gasteiger partial charge < -0.3 is 5.32 Å². The molecule has 1 heterocycles. The van der Waals surface area contributed by atoms with Crippen LogP contribution in [0.1, 0.15) is 23.9 Å². The van der Waals surface area contributed by atoms with E-state index in [1.807, 2.05) is 19.1 Å². The maximum absolute atomic E-state index is 6.31. The van der Waals surface area contributed by atoms with Crippen LogP contribution in [0, 0.1) is 6.92 Å². The molecule has 19 heavy (non-hydrogen) atoms. The van der Waals surface area contributed by atoms with Crippen molar-refractivity contribution in [3.05, 3.63) is 33.8 Å². The SMILES string of the molecule is CCCNCc1ccc(Sc2nnc(C)s2)c(Cl)c1. The predicted molar refractivity (Wildman–Crippen MR) is 82.2 cm³/mol. The number of rotatable bonds is 6. The van der Waals surface area contributed by atoms with Gasteiger partial charge in [-0.2, -0.15) is 0 Å². The molecule has 2 rings (SSSR count). The van der Waals surface area contributed by atoms with Crippen LogP contribution < -0.4 is 5.32 Å². The Bertz CT molecular complexity index is 542. The molecule has 3 nitrogen and oxygen atoms in total. The summed E-state index contributed by atoms with van der Waals surface area (Å²) in [6.45, 7) is 5.99. The topological polar surface area (TPSA) is 37.8 Å². The summed E-state index contributed by atoms with van der Waals surface area (Å²) in [4.78, 5) is 1.03. The molecule has 0 saturated carbocycles. The molecular formula is C13H16ClN3S2. The summed E-state index contributed by atoms with van der Waals surface area (Å²) in [6.07, 6.45) is 1.14. The fourth-order valence-electron chi connectivity index (χ4n) is 1.56. The van der Waals surface area contributed by atoms with Crippen molar-refractivity contribution in [1.82, 2.24) is 15.5 Å². The van der Waals surface area contributed by atoms with E-state index in [0.29, 0.717) is 0 Å². The van der Waals surface area contributed by atoms with Crippen molar-refractivity contribution in [3.8, 4) is 0 Å². The zero-order valence-corrected chi connectivity index (χ0v) is 13.3.